The maximum Gasteiger partial charge on any atom is 0.340 e. The Kier molecular flexibility index (Phi) is 3.49. The minimum atomic E-state index is -1.56. The summed E-state index contributed by atoms with van der Waals surface area (Å²) in [6, 6.07) is 3.92. The van der Waals surface area contributed by atoms with Crippen LogP contribution in [0.1, 0.15) is 12.5 Å². The predicted octanol–water partition coefficient (Wildman–Crippen LogP) is 1.78. The molecule has 0 fully saturated rings. The number of rotatable bonds is 4. The Bertz CT molecular complexity index is 405. The monoisotopic (exact) mass is 228 g/mol. The van der Waals surface area contributed by atoms with Gasteiger partial charge in [0.25, 0.3) is 0 Å². The zero-order valence-electron chi connectivity index (χ0n) is 9.28. The summed E-state index contributed by atoms with van der Waals surface area (Å²) >= 11 is 0. The van der Waals surface area contributed by atoms with Crippen LogP contribution in [0, 0.1) is 5.82 Å². The van der Waals surface area contributed by atoms with Gasteiger partial charge in [-0.15, -0.1) is 0 Å². The van der Waals surface area contributed by atoms with Gasteiger partial charge in [-0.3, -0.25) is 0 Å². The van der Waals surface area contributed by atoms with Crippen molar-refractivity contribution in [1.29, 1.82) is 0 Å². The Hall–Kier alpha value is -1.62. The summed E-state index contributed by atoms with van der Waals surface area (Å²) < 4.78 is 23.1. The fourth-order valence-electron chi connectivity index (χ4n) is 1.29. The van der Waals surface area contributed by atoms with E-state index in [-0.39, 0.29) is 11.3 Å². The van der Waals surface area contributed by atoms with Crippen LogP contribution in [-0.4, -0.2) is 25.3 Å². The number of hydrogen-bond donors (Lipinski definition) is 1. The van der Waals surface area contributed by atoms with Gasteiger partial charge in [0.1, 0.15) is 0 Å². The second-order valence-electron chi connectivity index (χ2n) is 3.39. The number of carbonyl (C=O) groups is 1. The maximum atomic E-state index is 13.4. The van der Waals surface area contributed by atoms with E-state index in [0.29, 0.717) is 0 Å². The molecule has 0 aromatic heterocycles. The molecule has 1 atom stereocenters. The first-order chi connectivity index (χ1) is 7.45. The molecule has 0 radical (unpaired) electrons. The third-order valence-electron chi connectivity index (χ3n) is 2.52. The summed E-state index contributed by atoms with van der Waals surface area (Å²) in [4.78, 5) is 11.0. The van der Waals surface area contributed by atoms with Gasteiger partial charge in [-0.2, -0.15) is 0 Å². The lowest BCUT2D eigenvalue weighted by Gasteiger charge is -2.23. The third kappa shape index (κ3) is 1.99. The summed E-state index contributed by atoms with van der Waals surface area (Å²) in [6.45, 7) is 1.36. The molecular formula is C11H13FO4. The van der Waals surface area contributed by atoms with Gasteiger partial charge in [-0.1, -0.05) is 6.07 Å². The number of hydrogen-bond acceptors (Lipinski definition) is 3. The van der Waals surface area contributed by atoms with Gasteiger partial charge < -0.3 is 14.6 Å². The molecule has 0 amide bonds. The highest BCUT2D eigenvalue weighted by molar-refractivity contribution is 5.79. The van der Waals surface area contributed by atoms with Crippen LogP contribution in [-0.2, 0) is 15.1 Å². The molecule has 1 rings (SSSR count). The molecule has 1 N–H and O–H groups in total. The number of aliphatic carboxylic acids is 1. The van der Waals surface area contributed by atoms with Gasteiger partial charge in [0.15, 0.2) is 17.2 Å². The highest BCUT2D eigenvalue weighted by Crippen LogP contribution is 2.28. The minimum Gasteiger partial charge on any atom is -0.494 e. The molecule has 16 heavy (non-hydrogen) atoms. The summed E-state index contributed by atoms with van der Waals surface area (Å²) in [5, 5.41) is 9.02. The molecule has 0 aliphatic heterocycles. The van der Waals surface area contributed by atoms with E-state index in [1.54, 1.807) is 0 Å². The first-order valence-electron chi connectivity index (χ1n) is 4.58. The van der Waals surface area contributed by atoms with Gasteiger partial charge in [-0.05, 0) is 24.6 Å². The summed E-state index contributed by atoms with van der Waals surface area (Å²) in [5.74, 6) is -1.74. The van der Waals surface area contributed by atoms with Crippen molar-refractivity contribution in [2.24, 2.45) is 0 Å². The maximum absolute atomic E-state index is 13.4. The molecule has 0 heterocycles. The lowest BCUT2D eigenvalue weighted by Crippen LogP contribution is -2.34. The number of carboxylic acids is 1. The number of benzene rings is 1. The first-order valence-corrected chi connectivity index (χ1v) is 4.58. The van der Waals surface area contributed by atoms with Crippen molar-refractivity contribution in [3.05, 3.63) is 29.6 Å². The number of halogens is 1. The SMILES string of the molecule is COc1ccc(C(C)(OC)C(=O)O)cc1F. The standard InChI is InChI=1S/C11H13FO4/c1-11(16-3,10(13)14)7-4-5-9(15-2)8(12)6-7/h4-6H,1-3H3,(H,13,14). The van der Waals surface area contributed by atoms with E-state index >= 15 is 0 Å². The van der Waals surface area contributed by atoms with E-state index in [4.69, 9.17) is 14.6 Å². The van der Waals surface area contributed by atoms with Crippen LogP contribution >= 0.6 is 0 Å². The number of methoxy groups -OCH3 is 2. The Morgan fingerprint density at radius 2 is 2.06 bits per heavy atom. The van der Waals surface area contributed by atoms with Crippen LogP contribution in [0.3, 0.4) is 0 Å². The zero-order valence-corrected chi connectivity index (χ0v) is 9.28. The van der Waals surface area contributed by atoms with E-state index in [0.717, 1.165) is 6.07 Å². The zero-order chi connectivity index (χ0) is 12.3. The summed E-state index contributed by atoms with van der Waals surface area (Å²) in [5.41, 5.74) is -1.34. The molecule has 0 saturated heterocycles. The fraction of sp³-hybridized carbons (Fsp3) is 0.364. The molecule has 4 nitrogen and oxygen atoms in total. The van der Waals surface area contributed by atoms with Crippen molar-refractivity contribution >= 4 is 5.97 Å². The van der Waals surface area contributed by atoms with Crippen LogP contribution < -0.4 is 4.74 Å². The second-order valence-corrected chi connectivity index (χ2v) is 3.39. The second kappa shape index (κ2) is 4.49. The molecular weight excluding hydrogens is 215 g/mol. The molecule has 1 unspecified atom stereocenters. The average molecular weight is 228 g/mol. The predicted molar refractivity (Wildman–Crippen MR) is 54.9 cm³/mol. The normalized spacial score (nSPS) is 14.2. The lowest BCUT2D eigenvalue weighted by atomic mass is 9.95. The lowest BCUT2D eigenvalue weighted by molar-refractivity contribution is -0.161. The van der Waals surface area contributed by atoms with E-state index in [9.17, 15) is 9.18 Å². The van der Waals surface area contributed by atoms with Crippen molar-refractivity contribution in [2.75, 3.05) is 14.2 Å². The van der Waals surface area contributed by atoms with Crippen molar-refractivity contribution in [3.8, 4) is 5.75 Å². The van der Waals surface area contributed by atoms with Gasteiger partial charge in [0, 0.05) is 7.11 Å². The Morgan fingerprint density at radius 3 is 2.44 bits per heavy atom. The summed E-state index contributed by atoms with van der Waals surface area (Å²) in [7, 11) is 2.60. The third-order valence-corrected chi connectivity index (χ3v) is 2.52. The molecule has 5 heteroatoms. The van der Waals surface area contributed by atoms with Crippen LogP contribution in [0.15, 0.2) is 18.2 Å². The molecule has 0 saturated carbocycles. The molecule has 88 valence electrons. The van der Waals surface area contributed by atoms with Crippen LogP contribution in [0.2, 0.25) is 0 Å². The van der Waals surface area contributed by atoms with Gasteiger partial charge in [-0.25, -0.2) is 9.18 Å². The van der Waals surface area contributed by atoms with Crippen molar-refractivity contribution in [1.82, 2.24) is 0 Å². The smallest absolute Gasteiger partial charge is 0.340 e. The largest absolute Gasteiger partial charge is 0.494 e. The highest BCUT2D eigenvalue weighted by atomic mass is 19.1. The van der Waals surface area contributed by atoms with Crippen molar-refractivity contribution < 1.29 is 23.8 Å². The van der Waals surface area contributed by atoms with Crippen molar-refractivity contribution in [2.45, 2.75) is 12.5 Å². The fourth-order valence-corrected chi connectivity index (χ4v) is 1.29. The van der Waals surface area contributed by atoms with Gasteiger partial charge in [0.05, 0.1) is 7.11 Å². The van der Waals surface area contributed by atoms with E-state index in [2.05, 4.69) is 0 Å². The quantitative estimate of drug-likeness (QED) is 0.853. The van der Waals surface area contributed by atoms with E-state index in [1.807, 2.05) is 0 Å². The molecule has 0 aliphatic rings. The Balaban J connectivity index is 3.23. The molecule has 0 spiro atoms. The van der Waals surface area contributed by atoms with Crippen molar-refractivity contribution in [3.63, 3.8) is 0 Å². The Morgan fingerprint density at radius 1 is 1.44 bits per heavy atom. The van der Waals surface area contributed by atoms with Crippen LogP contribution in [0.25, 0.3) is 0 Å². The minimum absolute atomic E-state index is 0.0626. The number of carboxylic acid groups (broad SMARTS) is 1. The van der Waals surface area contributed by atoms with Crippen LogP contribution in [0.5, 0.6) is 5.75 Å². The highest BCUT2D eigenvalue weighted by Gasteiger charge is 2.35. The van der Waals surface area contributed by atoms with Gasteiger partial charge >= 0.3 is 5.97 Å². The van der Waals surface area contributed by atoms with Crippen LogP contribution in [0.4, 0.5) is 4.39 Å². The Labute approximate surface area is 92.6 Å². The molecule has 0 bridgehead atoms. The van der Waals surface area contributed by atoms with E-state index in [1.165, 1.54) is 33.3 Å². The number of ether oxygens (including phenoxy) is 2. The molecule has 1 aromatic rings. The summed E-state index contributed by atoms with van der Waals surface area (Å²) in [6.07, 6.45) is 0. The topological polar surface area (TPSA) is 55.8 Å². The first kappa shape index (κ1) is 12.4. The van der Waals surface area contributed by atoms with Gasteiger partial charge in [0.2, 0.25) is 0 Å². The van der Waals surface area contributed by atoms with E-state index < -0.39 is 17.4 Å². The average Bonchev–Trinajstić information content (AvgIpc) is 2.27. The molecule has 1 aromatic carbocycles. The molecule has 0 aliphatic carbocycles.